The Hall–Kier alpha value is -3.55. The van der Waals surface area contributed by atoms with Crippen LogP contribution in [0.4, 0.5) is 0 Å². The number of benzene rings is 2. The van der Waals surface area contributed by atoms with E-state index in [9.17, 15) is 14.4 Å². The van der Waals surface area contributed by atoms with Gasteiger partial charge in [-0.3, -0.25) is 14.2 Å². The van der Waals surface area contributed by atoms with E-state index in [2.05, 4.69) is 10.3 Å². The van der Waals surface area contributed by atoms with Crippen LogP contribution in [-0.2, 0) is 13.0 Å². The number of nitrogens with zero attached hydrogens (tertiary/aromatic N) is 1. The van der Waals surface area contributed by atoms with Crippen LogP contribution >= 0.6 is 0 Å². The molecule has 8 heteroatoms. The molecule has 0 atom stereocenters. The molecule has 0 saturated heterocycles. The number of amides is 1. The summed E-state index contributed by atoms with van der Waals surface area (Å²) in [5.41, 5.74) is 0.847. The van der Waals surface area contributed by atoms with Gasteiger partial charge < -0.3 is 19.8 Å². The van der Waals surface area contributed by atoms with Gasteiger partial charge in [-0.15, -0.1) is 0 Å². The summed E-state index contributed by atoms with van der Waals surface area (Å²) >= 11 is 0. The lowest BCUT2D eigenvalue weighted by Gasteiger charge is -2.10. The van der Waals surface area contributed by atoms with Crippen molar-refractivity contribution in [3.8, 4) is 11.5 Å². The molecular formula is C21H23N3O5. The smallest absolute Gasteiger partial charge is 0.328 e. The minimum Gasteiger partial charge on any atom is -0.493 e. The number of rotatable bonds is 7. The Morgan fingerprint density at radius 1 is 1.07 bits per heavy atom. The number of nitrogens with one attached hydrogen (secondary N) is 2. The summed E-state index contributed by atoms with van der Waals surface area (Å²) in [6, 6.07) is 10.2. The first-order valence-electron chi connectivity index (χ1n) is 9.24. The third-order valence-electron chi connectivity index (χ3n) is 4.71. The topological polar surface area (TPSA) is 102 Å². The van der Waals surface area contributed by atoms with Crippen LogP contribution in [0.15, 0.2) is 46.0 Å². The summed E-state index contributed by atoms with van der Waals surface area (Å²) < 4.78 is 11.6. The lowest BCUT2D eigenvalue weighted by atomic mass is 10.1. The Balaban J connectivity index is 1.72. The molecule has 1 aromatic heterocycles. The number of carbonyl (C=O) groups is 1. The first-order chi connectivity index (χ1) is 14.0. The molecule has 0 aliphatic carbocycles. The highest BCUT2D eigenvalue weighted by molar-refractivity contribution is 5.97. The molecule has 0 bridgehead atoms. The molecule has 2 aromatic carbocycles. The Labute approximate surface area is 167 Å². The number of methoxy groups -OCH3 is 2. The maximum Gasteiger partial charge on any atom is 0.328 e. The van der Waals surface area contributed by atoms with Crippen LogP contribution in [0.1, 0.15) is 22.8 Å². The van der Waals surface area contributed by atoms with Gasteiger partial charge in [0.15, 0.2) is 11.5 Å². The molecule has 2 N–H and O–H groups in total. The Kier molecular flexibility index (Phi) is 6.01. The van der Waals surface area contributed by atoms with Gasteiger partial charge in [-0.2, -0.15) is 0 Å². The van der Waals surface area contributed by atoms with Gasteiger partial charge in [-0.25, -0.2) is 4.79 Å². The standard InChI is InChI=1S/C21H23N3O5/c1-4-24-20(26)15-7-6-14(12-16(15)23-21(24)27)19(25)22-10-9-13-5-8-17(28-2)18(11-13)29-3/h5-8,11-12H,4,9-10H2,1-3H3,(H,22,25)(H,23,27). The van der Waals surface area contributed by atoms with Crippen LogP contribution in [-0.4, -0.2) is 36.2 Å². The fraction of sp³-hybridized carbons (Fsp3) is 0.286. The van der Waals surface area contributed by atoms with Crippen LogP contribution in [0.25, 0.3) is 10.9 Å². The van der Waals surface area contributed by atoms with E-state index in [0.717, 1.165) is 10.1 Å². The normalized spacial score (nSPS) is 10.7. The third-order valence-corrected chi connectivity index (χ3v) is 4.71. The number of aromatic nitrogens is 2. The molecule has 3 rings (SSSR count). The van der Waals surface area contributed by atoms with E-state index < -0.39 is 5.69 Å². The number of carbonyl (C=O) groups excluding carboxylic acids is 1. The van der Waals surface area contributed by atoms with Gasteiger partial charge in [-0.1, -0.05) is 6.07 Å². The zero-order valence-electron chi connectivity index (χ0n) is 16.6. The average molecular weight is 397 g/mol. The minimum absolute atomic E-state index is 0.280. The maximum absolute atomic E-state index is 12.5. The Morgan fingerprint density at radius 2 is 1.83 bits per heavy atom. The van der Waals surface area contributed by atoms with Crippen molar-refractivity contribution in [2.45, 2.75) is 19.9 Å². The SMILES string of the molecule is CCn1c(=O)[nH]c2cc(C(=O)NCCc3ccc(OC)c(OC)c3)ccc2c1=O. The molecule has 1 amide bonds. The van der Waals surface area contributed by atoms with Crippen LogP contribution in [0, 0.1) is 0 Å². The predicted molar refractivity (Wildman–Crippen MR) is 110 cm³/mol. The van der Waals surface area contributed by atoms with Crippen LogP contribution in [0.3, 0.4) is 0 Å². The maximum atomic E-state index is 12.5. The lowest BCUT2D eigenvalue weighted by Crippen LogP contribution is -2.34. The van der Waals surface area contributed by atoms with Gasteiger partial charge in [0.1, 0.15) is 0 Å². The Morgan fingerprint density at radius 3 is 2.52 bits per heavy atom. The summed E-state index contributed by atoms with van der Waals surface area (Å²) in [5.74, 6) is 0.994. The van der Waals surface area contributed by atoms with Crippen molar-refractivity contribution >= 4 is 16.8 Å². The first-order valence-corrected chi connectivity index (χ1v) is 9.24. The van der Waals surface area contributed by atoms with E-state index in [1.807, 2.05) is 18.2 Å². The van der Waals surface area contributed by atoms with Crippen molar-refractivity contribution < 1.29 is 14.3 Å². The van der Waals surface area contributed by atoms with Gasteiger partial charge in [-0.05, 0) is 49.2 Å². The van der Waals surface area contributed by atoms with Crippen molar-refractivity contribution in [2.24, 2.45) is 0 Å². The quantitative estimate of drug-likeness (QED) is 0.632. The van der Waals surface area contributed by atoms with E-state index in [-0.39, 0.29) is 18.0 Å². The summed E-state index contributed by atoms with van der Waals surface area (Å²) in [6.07, 6.45) is 0.609. The van der Waals surface area contributed by atoms with Gasteiger partial charge in [0.05, 0.1) is 25.1 Å². The average Bonchev–Trinajstić information content (AvgIpc) is 2.73. The fourth-order valence-electron chi connectivity index (χ4n) is 3.14. The number of fused-ring (bicyclic) bond motifs is 1. The molecule has 0 radical (unpaired) electrons. The van der Waals surface area contributed by atoms with E-state index in [1.165, 1.54) is 6.07 Å². The van der Waals surface area contributed by atoms with Gasteiger partial charge >= 0.3 is 5.69 Å². The predicted octanol–water partition coefficient (Wildman–Crippen LogP) is 1.70. The molecule has 3 aromatic rings. The zero-order chi connectivity index (χ0) is 21.0. The van der Waals surface area contributed by atoms with Crippen LogP contribution in [0.5, 0.6) is 11.5 Å². The molecule has 1 heterocycles. The molecular weight excluding hydrogens is 374 g/mol. The van der Waals surface area contributed by atoms with Gasteiger partial charge in [0.25, 0.3) is 11.5 Å². The second kappa shape index (κ2) is 8.64. The molecule has 0 unspecified atom stereocenters. The highest BCUT2D eigenvalue weighted by Crippen LogP contribution is 2.27. The summed E-state index contributed by atoms with van der Waals surface area (Å²) in [5, 5.41) is 3.21. The number of H-pyrrole nitrogens is 1. The second-order valence-corrected chi connectivity index (χ2v) is 6.44. The fourth-order valence-corrected chi connectivity index (χ4v) is 3.14. The largest absolute Gasteiger partial charge is 0.493 e. The van der Waals surface area contributed by atoms with Gasteiger partial charge in [0, 0.05) is 18.7 Å². The second-order valence-electron chi connectivity index (χ2n) is 6.44. The van der Waals surface area contributed by atoms with E-state index in [0.29, 0.717) is 40.9 Å². The van der Waals surface area contributed by atoms with E-state index >= 15 is 0 Å². The molecule has 0 spiro atoms. The summed E-state index contributed by atoms with van der Waals surface area (Å²) in [4.78, 5) is 39.4. The number of hydrogen-bond acceptors (Lipinski definition) is 5. The summed E-state index contributed by atoms with van der Waals surface area (Å²) in [7, 11) is 3.15. The van der Waals surface area contributed by atoms with Crippen LogP contribution < -0.4 is 26.0 Å². The van der Waals surface area contributed by atoms with Crippen molar-refractivity contribution in [1.82, 2.24) is 14.9 Å². The van der Waals surface area contributed by atoms with Gasteiger partial charge in [0.2, 0.25) is 0 Å². The first kappa shape index (κ1) is 20.2. The number of ether oxygens (including phenoxy) is 2. The molecule has 0 aliphatic heterocycles. The van der Waals surface area contributed by atoms with E-state index in [4.69, 9.17) is 9.47 Å². The van der Waals surface area contributed by atoms with Crippen molar-refractivity contribution in [1.29, 1.82) is 0 Å². The van der Waals surface area contributed by atoms with Crippen molar-refractivity contribution in [3.63, 3.8) is 0 Å². The Bertz CT molecular complexity index is 1160. The van der Waals surface area contributed by atoms with Crippen molar-refractivity contribution in [3.05, 3.63) is 68.4 Å². The molecule has 0 aliphatic rings. The highest BCUT2D eigenvalue weighted by Gasteiger charge is 2.11. The molecule has 29 heavy (non-hydrogen) atoms. The lowest BCUT2D eigenvalue weighted by molar-refractivity contribution is 0.0954. The molecule has 0 fully saturated rings. The molecule has 0 saturated carbocycles. The van der Waals surface area contributed by atoms with E-state index in [1.54, 1.807) is 33.3 Å². The minimum atomic E-state index is -0.490. The van der Waals surface area contributed by atoms with Crippen molar-refractivity contribution in [2.75, 3.05) is 20.8 Å². The monoisotopic (exact) mass is 397 g/mol. The third kappa shape index (κ3) is 4.16. The summed E-state index contributed by atoms with van der Waals surface area (Å²) in [6.45, 7) is 2.42. The highest BCUT2D eigenvalue weighted by atomic mass is 16.5. The number of hydrogen-bond donors (Lipinski definition) is 2. The van der Waals surface area contributed by atoms with Crippen LogP contribution in [0.2, 0.25) is 0 Å². The number of aromatic amines is 1. The molecule has 8 nitrogen and oxygen atoms in total. The molecule has 152 valence electrons. The zero-order valence-corrected chi connectivity index (χ0v) is 16.6.